The monoisotopic (exact) mass is 250 g/mol. The number of rotatable bonds is 7. The van der Waals surface area contributed by atoms with Gasteiger partial charge in [0.25, 0.3) is 0 Å². The largest absolute Gasteiger partial charge is 0.399 e. The molecule has 0 fully saturated rings. The Hall–Kier alpha value is -1.55. The topological polar surface area (TPSA) is 64.3 Å². The number of carbonyl (C=O) groups excluding carboxylic acids is 1. The minimum absolute atomic E-state index is 0.0461. The molecule has 4 heteroatoms. The Kier molecular flexibility index (Phi) is 6.22. The predicted molar refractivity (Wildman–Crippen MR) is 73.3 cm³/mol. The second-order valence-corrected chi connectivity index (χ2v) is 4.51. The molecule has 100 valence electrons. The van der Waals surface area contributed by atoms with Gasteiger partial charge in [0, 0.05) is 18.7 Å². The van der Waals surface area contributed by atoms with Crippen LogP contribution in [0.4, 0.5) is 5.69 Å². The van der Waals surface area contributed by atoms with Crippen LogP contribution < -0.4 is 11.1 Å². The number of hydrogen-bond donors (Lipinski definition) is 2. The first-order valence-electron chi connectivity index (χ1n) is 6.30. The van der Waals surface area contributed by atoms with E-state index in [-0.39, 0.29) is 12.0 Å². The van der Waals surface area contributed by atoms with Crippen LogP contribution in [-0.4, -0.2) is 25.2 Å². The second-order valence-electron chi connectivity index (χ2n) is 4.51. The molecular formula is C14H22N2O2. The van der Waals surface area contributed by atoms with Crippen molar-refractivity contribution in [3.05, 3.63) is 29.8 Å². The fraction of sp³-hybridized carbons (Fsp3) is 0.500. The summed E-state index contributed by atoms with van der Waals surface area (Å²) in [6.07, 6.45) is 1.39. The van der Waals surface area contributed by atoms with E-state index in [1.54, 1.807) is 0 Å². The molecule has 0 aliphatic carbocycles. The Balaban J connectivity index is 2.17. The van der Waals surface area contributed by atoms with E-state index in [1.807, 2.05) is 38.1 Å². The number of hydrogen-bond acceptors (Lipinski definition) is 3. The number of carbonyl (C=O) groups is 1. The fourth-order valence-corrected chi connectivity index (χ4v) is 1.58. The Morgan fingerprint density at radius 3 is 2.89 bits per heavy atom. The molecule has 0 aliphatic heterocycles. The summed E-state index contributed by atoms with van der Waals surface area (Å²) in [7, 11) is 0. The van der Waals surface area contributed by atoms with Gasteiger partial charge in [0.05, 0.1) is 12.7 Å². The molecule has 0 aromatic heterocycles. The highest BCUT2D eigenvalue weighted by Gasteiger charge is 2.02. The van der Waals surface area contributed by atoms with Crippen molar-refractivity contribution >= 4 is 11.6 Å². The highest BCUT2D eigenvalue weighted by molar-refractivity contribution is 5.76. The summed E-state index contributed by atoms with van der Waals surface area (Å²) in [6.45, 7) is 5.07. The molecule has 1 aromatic rings. The Labute approximate surface area is 109 Å². The van der Waals surface area contributed by atoms with E-state index in [0.29, 0.717) is 26.0 Å². The van der Waals surface area contributed by atoms with E-state index in [9.17, 15) is 4.79 Å². The number of benzene rings is 1. The number of aryl methyl sites for hydroxylation is 1. The van der Waals surface area contributed by atoms with Crippen molar-refractivity contribution in [2.75, 3.05) is 18.9 Å². The van der Waals surface area contributed by atoms with Crippen LogP contribution in [0, 0.1) is 0 Å². The van der Waals surface area contributed by atoms with Gasteiger partial charge in [-0.05, 0) is 38.0 Å². The average molecular weight is 250 g/mol. The predicted octanol–water partition coefficient (Wildman–Crippen LogP) is 1.74. The molecule has 1 aromatic carbocycles. The minimum atomic E-state index is 0.0461. The third kappa shape index (κ3) is 6.25. The number of nitrogen functional groups attached to an aromatic ring is 1. The summed E-state index contributed by atoms with van der Waals surface area (Å²) in [5.41, 5.74) is 7.50. The molecule has 1 rings (SSSR count). The SMILES string of the molecule is CC(C)OCCNC(=O)CCc1cccc(N)c1. The Morgan fingerprint density at radius 2 is 2.22 bits per heavy atom. The minimum Gasteiger partial charge on any atom is -0.399 e. The van der Waals surface area contributed by atoms with E-state index in [4.69, 9.17) is 10.5 Å². The molecule has 0 spiro atoms. The van der Waals surface area contributed by atoms with Gasteiger partial charge in [0.15, 0.2) is 0 Å². The summed E-state index contributed by atoms with van der Waals surface area (Å²) >= 11 is 0. The molecule has 0 aliphatic rings. The molecule has 4 nitrogen and oxygen atoms in total. The van der Waals surface area contributed by atoms with E-state index >= 15 is 0 Å². The molecule has 0 heterocycles. The highest BCUT2D eigenvalue weighted by atomic mass is 16.5. The van der Waals surface area contributed by atoms with Gasteiger partial charge in [-0.1, -0.05) is 12.1 Å². The molecule has 0 radical (unpaired) electrons. The lowest BCUT2D eigenvalue weighted by Gasteiger charge is -2.08. The van der Waals surface area contributed by atoms with Crippen molar-refractivity contribution < 1.29 is 9.53 Å². The Morgan fingerprint density at radius 1 is 1.44 bits per heavy atom. The molecular weight excluding hydrogens is 228 g/mol. The van der Waals surface area contributed by atoms with Gasteiger partial charge >= 0.3 is 0 Å². The van der Waals surface area contributed by atoms with Crippen molar-refractivity contribution in [3.63, 3.8) is 0 Å². The van der Waals surface area contributed by atoms with Crippen molar-refractivity contribution in [2.24, 2.45) is 0 Å². The quantitative estimate of drug-likeness (QED) is 0.572. The third-order valence-corrected chi connectivity index (χ3v) is 2.47. The second kappa shape index (κ2) is 7.71. The molecule has 3 N–H and O–H groups in total. The molecule has 0 saturated carbocycles. The van der Waals surface area contributed by atoms with E-state index in [0.717, 1.165) is 11.3 Å². The summed E-state index contributed by atoms with van der Waals surface area (Å²) in [5.74, 6) is 0.0461. The first-order chi connectivity index (χ1) is 8.58. The van der Waals surface area contributed by atoms with Crippen LogP contribution in [0.1, 0.15) is 25.8 Å². The van der Waals surface area contributed by atoms with E-state index in [1.165, 1.54) is 0 Å². The maximum Gasteiger partial charge on any atom is 0.220 e. The summed E-state index contributed by atoms with van der Waals surface area (Å²) in [4.78, 5) is 11.5. The summed E-state index contributed by atoms with van der Waals surface area (Å²) in [6, 6.07) is 7.62. The van der Waals surface area contributed by atoms with Crippen molar-refractivity contribution in [3.8, 4) is 0 Å². The maximum atomic E-state index is 11.5. The van der Waals surface area contributed by atoms with Crippen LogP contribution in [0.5, 0.6) is 0 Å². The van der Waals surface area contributed by atoms with Crippen molar-refractivity contribution in [2.45, 2.75) is 32.8 Å². The molecule has 0 saturated heterocycles. The zero-order valence-corrected chi connectivity index (χ0v) is 11.1. The molecule has 0 atom stereocenters. The fourth-order valence-electron chi connectivity index (χ4n) is 1.58. The van der Waals surface area contributed by atoms with Crippen LogP contribution in [0.15, 0.2) is 24.3 Å². The number of ether oxygens (including phenoxy) is 1. The van der Waals surface area contributed by atoms with Gasteiger partial charge < -0.3 is 15.8 Å². The van der Waals surface area contributed by atoms with Crippen LogP contribution in [0.3, 0.4) is 0 Å². The lowest BCUT2D eigenvalue weighted by atomic mass is 10.1. The number of amides is 1. The third-order valence-electron chi connectivity index (χ3n) is 2.47. The summed E-state index contributed by atoms with van der Waals surface area (Å²) < 4.78 is 5.34. The number of anilines is 1. The van der Waals surface area contributed by atoms with Gasteiger partial charge in [-0.15, -0.1) is 0 Å². The van der Waals surface area contributed by atoms with Gasteiger partial charge in [0.1, 0.15) is 0 Å². The van der Waals surface area contributed by atoms with E-state index in [2.05, 4.69) is 5.32 Å². The Bertz CT molecular complexity index is 378. The van der Waals surface area contributed by atoms with Crippen LogP contribution in [0.25, 0.3) is 0 Å². The van der Waals surface area contributed by atoms with Crippen LogP contribution >= 0.6 is 0 Å². The van der Waals surface area contributed by atoms with Gasteiger partial charge in [-0.2, -0.15) is 0 Å². The molecule has 18 heavy (non-hydrogen) atoms. The molecule has 0 unspecified atom stereocenters. The van der Waals surface area contributed by atoms with Gasteiger partial charge in [-0.25, -0.2) is 0 Å². The normalized spacial score (nSPS) is 10.6. The van der Waals surface area contributed by atoms with Crippen LogP contribution in [0.2, 0.25) is 0 Å². The lowest BCUT2D eigenvalue weighted by molar-refractivity contribution is -0.121. The van der Waals surface area contributed by atoms with Gasteiger partial charge in [-0.3, -0.25) is 4.79 Å². The van der Waals surface area contributed by atoms with Crippen LogP contribution in [-0.2, 0) is 16.0 Å². The first kappa shape index (κ1) is 14.5. The lowest BCUT2D eigenvalue weighted by Crippen LogP contribution is -2.28. The van der Waals surface area contributed by atoms with Crippen molar-refractivity contribution in [1.82, 2.24) is 5.32 Å². The van der Waals surface area contributed by atoms with Crippen molar-refractivity contribution in [1.29, 1.82) is 0 Å². The van der Waals surface area contributed by atoms with Gasteiger partial charge in [0.2, 0.25) is 5.91 Å². The number of nitrogens with two attached hydrogens (primary N) is 1. The smallest absolute Gasteiger partial charge is 0.220 e. The maximum absolute atomic E-state index is 11.5. The first-order valence-corrected chi connectivity index (χ1v) is 6.30. The zero-order valence-electron chi connectivity index (χ0n) is 11.1. The molecule has 1 amide bonds. The standard InChI is InChI=1S/C14H22N2O2/c1-11(2)18-9-8-16-14(17)7-6-12-4-3-5-13(15)10-12/h3-5,10-11H,6-9,15H2,1-2H3,(H,16,17). The molecule has 0 bridgehead atoms. The average Bonchev–Trinajstić information content (AvgIpc) is 2.32. The number of nitrogens with one attached hydrogen (secondary N) is 1. The van der Waals surface area contributed by atoms with E-state index < -0.39 is 0 Å². The highest BCUT2D eigenvalue weighted by Crippen LogP contribution is 2.08. The zero-order chi connectivity index (χ0) is 13.4. The summed E-state index contributed by atoms with van der Waals surface area (Å²) in [5, 5.41) is 2.83.